The summed E-state index contributed by atoms with van der Waals surface area (Å²) in [5.41, 5.74) is 3.15. The van der Waals surface area contributed by atoms with Gasteiger partial charge >= 0.3 is 0 Å². The fourth-order valence-corrected chi connectivity index (χ4v) is 3.77. The Hall–Kier alpha value is -3.52. The van der Waals surface area contributed by atoms with Crippen LogP contribution in [0.4, 0.5) is 5.69 Å². The Balaban J connectivity index is 1.84. The number of fused-ring (bicyclic) bond motifs is 1. The van der Waals surface area contributed by atoms with Gasteiger partial charge in [0.1, 0.15) is 5.75 Å². The molecular formula is C21H18N4O3S. The van der Waals surface area contributed by atoms with Crippen LogP contribution < -0.4 is 9.64 Å². The van der Waals surface area contributed by atoms with Crippen LogP contribution in [0.2, 0.25) is 0 Å². The van der Waals surface area contributed by atoms with Crippen LogP contribution in [0.25, 0.3) is 16.9 Å². The molecule has 0 aliphatic rings. The number of hydrogen-bond acceptors (Lipinski definition) is 6. The van der Waals surface area contributed by atoms with E-state index in [-0.39, 0.29) is 11.7 Å². The molecule has 0 saturated heterocycles. The van der Waals surface area contributed by atoms with Crippen molar-refractivity contribution in [3.63, 3.8) is 0 Å². The Morgan fingerprint density at radius 2 is 2.03 bits per heavy atom. The molecule has 0 saturated carbocycles. The second kappa shape index (κ2) is 7.48. The second-order valence-electron chi connectivity index (χ2n) is 6.39. The highest BCUT2D eigenvalue weighted by atomic mass is 32.1. The van der Waals surface area contributed by atoms with E-state index in [0.717, 1.165) is 11.3 Å². The number of ketones is 1. The van der Waals surface area contributed by atoms with Crippen molar-refractivity contribution in [1.29, 1.82) is 0 Å². The summed E-state index contributed by atoms with van der Waals surface area (Å²) in [6, 6.07) is 11.0. The predicted octanol–water partition coefficient (Wildman–Crippen LogP) is 3.68. The van der Waals surface area contributed by atoms with Crippen LogP contribution in [-0.2, 0) is 4.79 Å². The first kappa shape index (κ1) is 18.8. The predicted molar refractivity (Wildman–Crippen MR) is 112 cm³/mol. The Morgan fingerprint density at radius 1 is 1.21 bits per heavy atom. The highest BCUT2D eigenvalue weighted by molar-refractivity contribution is 7.12. The first-order chi connectivity index (χ1) is 14.0. The maximum absolute atomic E-state index is 12.8. The van der Waals surface area contributed by atoms with Gasteiger partial charge in [0.05, 0.1) is 35.1 Å². The second-order valence-corrected chi connectivity index (χ2v) is 7.34. The van der Waals surface area contributed by atoms with Crippen LogP contribution in [0, 0.1) is 0 Å². The van der Waals surface area contributed by atoms with Gasteiger partial charge in [0.15, 0.2) is 5.65 Å². The average molecular weight is 406 g/mol. The molecule has 4 rings (SSSR count). The summed E-state index contributed by atoms with van der Waals surface area (Å²) in [6.07, 6.45) is 3.19. The van der Waals surface area contributed by atoms with E-state index in [1.54, 1.807) is 43.2 Å². The van der Waals surface area contributed by atoms with E-state index in [2.05, 4.69) is 10.1 Å². The van der Waals surface area contributed by atoms with Gasteiger partial charge in [-0.15, -0.1) is 11.3 Å². The van der Waals surface area contributed by atoms with Crippen LogP contribution in [0.5, 0.6) is 5.75 Å². The normalized spacial score (nSPS) is 10.9. The third-order valence-electron chi connectivity index (χ3n) is 4.70. The lowest BCUT2D eigenvalue weighted by atomic mass is 10.1. The first-order valence-electron chi connectivity index (χ1n) is 8.85. The molecule has 0 bridgehead atoms. The van der Waals surface area contributed by atoms with Crippen LogP contribution in [-0.4, -0.2) is 40.4 Å². The Bertz CT molecular complexity index is 1210. The zero-order chi connectivity index (χ0) is 20.5. The van der Waals surface area contributed by atoms with E-state index in [1.807, 2.05) is 29.6 Å². The highest BCUT2D eigenvalue weighted by Crippen LogP contribution is 2.33. The minimum absolute atomic E-state index is 0.105. The van der Waals surface area contributed by atoms with Gasteiger partial charge in [0, 0.05) is 25.7 Å². The maximum Gasteiger partial charge on any atom is 0.223 e. The van der Waals surface area contributed by atoms with E-state index in [9.17, 15) is 9.59 Å². The lowest BCUT2D eigenvalue weighted by molar-refractivity contribution is -0.116. The third-order valence-corrected chi connectivity index (χ3v) is 5.57. The summed E-state index contributed by atoms with van der Waals surface area (Å²) < 4.78 is 7.04. The van der Waals surface area contributed by atoms with Crippen molar-refractivity contribution >= 4 is 34.4 Å². The molecule has 0 spiro atoms. The van der Waals surface area contributed by atoms with Crippen molar-refractivity contribution in [2.45, 2.75) is 6.92 Å². The average Bonchev–Trinajstić information content (AvgIpc) is 3.42. The highest BCUT2D eigenvalue weighted by Gasteiger charge is 2.19. The Labute approximate surface area is 171 Å². The topological polar surface area (TPSA) is 76.8 Å². The standard InChI is InChI=1S/C21H18N4O3S/c1-13(26)24(2)17-11-14(6-7-18(17)28-3)16-8-9-22-21-15(12-23-25(16)21)20(27)19-5-4-10-29-19/h4-12H,1-3H3. The molecule has 0 fully saturated rings. The molecule has 29 heavy (non-hydrogen) atoms. The number of anilines is 1. The van der Waals surface area contributed by atoms with E-state index in [4.69, 9.17) is 4.74 Å². The first-order valence-corrected chi connectivity index (χ1v) is 9.73. The number of methoxy groups -OCH3 is 1. The minimum atomic E-state index is -0.108. The molecule has 0 aliphatic heterocycles. The number of nitrogens with zero attached hydrogens (tertiary/aromatic N) is 4. The zero-order valence-electron chi connectivity index (χ0n) is 16.1. The van der Waals surface area contributed by atoms with E-state index < -0.39 is 0 Å². The number of carbonyl (C=O) groups excluding carboxylic acids is 2. The molecular weight excluding hydrogens is 388 g/mol. The van der Waals surface area contributed by atoms with Crippen LogP contribution in [0.1, 0.15) is 22.2 Å². The third kappa shape index (κ3) is 3.27. The molecule has 0 N–H and O–H groups in total. The van der Waals surface area contributed by atoms with Crippen LogP contribution >= 0.6 is 11.3 Å². The number of carbonyl (C=O) groups is 2. The summed E-state index contributed by atoms with van der Waals surface area (Å²) in [6.45, 7) is 1.49. The molecule has 3 heterocycles. The van der Waals surface area contributed by atoms with Gasteiger partial charge in [-0.3, -0.25) is 9.59 Å². The number of hydrogen-bond donors (Lipinski definition) is 0. The lowest BCUT2D eigenvalue weighted by Gasteiger charge is -2.19. The fourth-order valence-electron chi connectivity index (χ4n) is 3.09. The quantitative estimate of drug-likeness (QED) is 0.473. The summed E-state index contributed by atoms with van der Waals surface area (Å²) in [7, 11) is 3.25. The monoisotopic (exact) mass is 406 g/mol. The molecule has 3 aromatic heterocycles. The fraction of sp³-hybridized carbons (Fsp3) is 0.143. The number of ether oxygens (including phenoxy) is 1. The van der Waals surface area contributed by atoms with Gasteiger partial charge in [-0.1, -0.05) is 6.07 Å². The molecule has 0 unspecified atom stereocenters. The van der Waals surface area contributed by atoms with Gasteiger partial charge in [-0.05, 0) is 35.7 Å². The smallest absolute Gasteiger partial charge is 0.223 e. The molecule has 1 aromatic carbocycles. The van der Waals surface area contributed by atoms with E-state index in [0.29, 0.717) is 27.5 Å². The number of rotatable bonds is 5. The molecule has 0 aliphatic carbocycles. The van der Waals surface area contributed by atoms with Gasteiger partial charge in [-0.25, -0.2) is 9.50 Å². The van der Waals surface area contributed by atoms with E-state index >= 15 is 0 Å². The summed E-state index contributed by atoms with van der Waals surface area (Å²) in [5.74, 6) is 0.375. The number of amides is 1. The van der Waals surface area contributed by atoms with Crippen molar-refractivity contribution in [3.05, 3.63) is 64.6 Å². The van der Waals surface area contributed by atoms with Gasteiger partial charge < -0.3 is 9.64 Å². The lowest BCUT2D eigenvalue weighted by Crippen LogP contribution is -2.23. The van der Waals surface area contributed by atoms with E-state index in [1.165, 1.54) is 23.2 Å². The minimum Gasteiger partial charge on any atom is -0.495 e. The van der Waals surface area contributed by atoms with Gasteiger partial charge in [0.25, 0.3) is 0 Å². The summed E-state index contributed by atoms with van der Waals surface area (Å²) in [4.78, 5) is 31.2. The van der Waals surface area contributed by atoms with Gasteiger partial charge in [-0.2, -0.15) is 5.10 Å². The molecule has 4 aromatic rings. The number of thiophene rings is 1. The Morgan fingerprint density at radius 3 is 2.72 bits per heavy atom. The summed E-state index contributed by atoms with van der Waals surface area (Å²) in [5, 5.41) is 6.27. The van der Waals surface area contributed by atoms with Crippen molar-refractivity contribution in [2.24, 2.45) is 0 Å². The van der Waals surface area contributed by atoms with Gasteiger partial charge in [0.2, 0.25) is 11.7 Å². The molecule has 7 nitrogen and oxygen atoms in total. The van der Waals surface area contributed by atoms with Crippen LogP contribution in [0.3, 0.4) is 0 Å². The SMILES string of the molecule is COc1ccc(-c2ccnc3c(C(=O)c4cccs4)cnn23)cc1N(C)C(C)=O. The molecule has 146 valence electrons. The maximum atomic E-state index is 12.8. The van der Waals surface area contributed by atoms with Crippen molar-refractivity contribution in [2.75, 3.05) is 19.1 Å². The number of benzene rings is 1. The number of aromatic nitrogens is 3. The van der Waals surface area contributed by atoms with Crippen molar-refractivity contribution in [3.8, 4) is 17.0 Å². The molecule has 8 heteroatoms. The van der Waals surface area contributed by atoms with Crippen molar-refractivity contribution < 1.29 is 14.3 Å². The largest absolute Gasteiger partial charge is 0.495 e. The zero-order valence-corrected chi connectivity index (χ0v) is 16.9. The molecule has 1 amide bonds. The Kier molecular flexibility index (Phi) is 4.85. The van der Waals surface area contributed by atoms with Crippen LogP contribution in [0.15, 0.2) is 54.2 Å². The molecule has 0 atom stereocenters. The summed E-state index contributed by atoms with van der Waals surface area (Å²) >= 11 is 1.38. The molecule has 0 radical (unpaired) electrons. The van der Waals surface area contributed by atoms with Crippen molar-refractivity contribution in [1.82, 2.24) is 14.6 Å².